The van der Waals surface area contributed by atoms with E-state index < -0.39 is 12.8 Å². The number of halogens is 4. The van der Waals surface area contributed by atoms with E-state index in [0.717, 1.165) is 5.69 Å². The van der Waals surface area contributed by atoms with Gasteiger partial charge in [-0.3, -0.25) is 0 Å². The lowest BCUT2D eigenvalue weighted by molar-refractivity contribution is -0.173. The first kappa shape index (κ1) is 14.2. The van der Waals surface area contributed by atoms with E-state index in [1.165, 1.54) is 0 Å². The molecule has 0 amide bonds. The van der Waals surface area contributed by atoms with Crippen LogP contribution in [-0.2, 0) is 17.6 Å². The van der Waals surface area contributed by atoms with E-state index in [4.69, 9.17) is 11.6 Å². The second-order valence-electron chi connectivity index (χ2n) is 3.37. The Bertz CT molecular complexity index is 371. The fraction of sp³-hybridized carbons (Fsp3) is 0.600. The highest BCUT2D eigenvalue weighted by atomic mass is 35.5. The first-order valence-electron chi connectivity index (χ1n) is 5.07. The van der Waals surface area contributed by atoms with Crippen LogP contribution in [0.5, 0.6) is 0 Å². The molecule has 0 saturated heterocycles. The van der Waals surface area contributed by atoms with Crippen LogP contribution in [0.25, 0.3) is 0 Å². The first-order valence-corrected chi connectivity index (χ1v) is 5.45. The highest BCUT2D eigenvalue weighted by Gasteiger charge is 2.27. The van der Waals surface area contributed by atoms with Crippen LogP contribution >= 0.6 is 11.6 Å². The van der Waals surface area contributed by atoms with Gasteiger partial charge in [0.05, 0.1) is 6.61 Å². The van der Waals surface area contributed by atoms with Gasteiger partial charge in [-0.2, -0.15) is 13.2 Å². The van der Waals surface area contributed by atoms with Gasteiger partial charge < -0.3 is 4.74 Å². The maximum Gasteiger partial charge on any atom is 0.411 e. The van der Waals surface area contributed by atoms with Crippen molar-refractivity contribution in [2.24, 2.45) is 0 Å². The van der Waals surface area contributed by atoms with Gasteiger partial charge in [0, 0.05) is 12.1 Å². The Morgan fingerprint density at radius 2 is 2.06 bits per heavy atom. The largest absolute Gasteiger partial charge is 0.411 e. The number of ether oxygens (including phenoxy) is 1. The average Bonchev–Trinajstić information content (AvgIpc) is 2.22. The summed E-state index contributed by atoms with van der Waals surface area (Å²) < 4.78 is 39.8. The topological polar surface area (TPSA) is 35.0 Å². The molecule has 0 radical (unpaired) electrons. The molecule has 0 aliphatic heterocycles. The van der Waals surface area contributed by atoms with E-state index in [1.54, 1.807) is 6.07 Å². The third-order valence-electron chi connectivity index (χ3n) is 1.89. The molecule has 17 heavy (non-hydrogen) atoms. The normalized spacial score (nSPS) is 11.8. The van der Waals surface area contributed by atoms with E-state index in [9.17, 15) is 13.2 Å². The SMILES string of the molecule is CCc1cc(Cl)nc(CCOCC(F)(F)F)n1. The zero-order valence-electron chi connectivity index (χ0n) is 9.22. The Kier molecular flexibility index (Phi) is 5.14. The van der Waals surface area contributed by atoms with Crippen LogP contribution in [-0.4, -0.2) is 29.4 Å². The lowest BCUT2D eigenvalue weighted by atomic mass is 10.3. The molecule has 0 spiro atoms. The summed E-state index contributed by atoms with van der Waals surface area (Å²) in [7, 11) is 0. The number of aromatic nitrogens is 2. The molecule has 0 saturated carbocycles. The number of alkyl halides is 3. The fourth-order valence-corrected chi connectivity index (χ4v) is 1.38. The van der Waals surface area contributed by atoms with Gasteiger partial charge in [0.25, 0.3) is 0 Å². The molecule has 7 heteroatoms. The van der Waals surface area contributed by atoms with Crippen LogP contribution in [0, 0.1) is 0 Å². The second kappa shape index (κ2) is 6.16. The molecule has 0 bridgehead atoms. The Morgan fingerprint density at radius 3 is 2.65 bits per heavy atom. The summed E-state index contributed by atoms with van der Waals surface area (Å²) in [4.78, 5) is 8.04. The molecule has 0 unspecified atom stereocenters. The lowest BCUT2D eigenvalue weighted by Gasteiger charge is -2.07. The van der Waals surface area contributed by atoms with Crippen LogP contribution in [0.3, 0.4) is 0 Å². The molecule has 0 aliphatic rings. The molecule has 0 N–H and O–H groups in total. The number of rotatable bonds is 5. The summed E-state index contributed by atoms with van der Waals surface area (Å²) in [5, 5.41) is 0.294. The minimum absolute atomic E-state index is 0.0804. The van der Waals surface area contributed by atoms with Crippen molar-refractivity contribution < 1.29 is 17.9 Å². The van der Waals surface area contributed by atoms with Crippen molar-refractivity contribution in [3.63, 3.8) is 0 Å². The maximum absolute atomic E-state index is 11.8. The Balaban J connectivity index is 2.44. The van der Waals surface area contributed by atoms with Crippen molar-refractivity contribution in [2.75, 3.05) is 13.2 Å². The molecular weight excluding hydrogens is 257 g/mol. The summed E-state index contributed by atoms with van der Waals surface area (Å²) in [6.07, 6.45) is -3.40. The van der Waals surface area contributed by atoms with Crippen molar-refractivity contribution in [1.29, 1.82) is 0 Å². The fourth-order valence-electron chi connectivity index (χ4n) is 1.16. The van der Waals surface area contributed by atoms with Crippen LogP contribution in [0.15, 0.2) is 6.07 Å². The smallest absolute Gasteiger partial charge is 0.372 e. The van der Waals surface area contributed by atoms with Crippen molar-refractivity contribution in [2.45, 2.75) is 25.9 Å². The average molecular weight is 269 g/mol. The standard InChI is InChI=1S/C10H12ClF3N2O/c1-2-7-5-8(11)16-9(15-7)3-4-17-6-10(12,13)14/h5H,2-4,6H2,1H3. The van der Waals surface area contributed by atoms with Gasteiger partial charge >= 0.3 is 6.18 Å². The van der Waals surface area contributed by atoms with Crippen LogP contribution in [0.1, 0.15) is 18.4 Å². The summed E-state index contributed by atoms with van der Waals surface area (Å²) in [5.74, 6) is 0.400. The highest BCUT2D eigenvalue weighted by molar-refractivity contribution is 6.29. The molecule has 3 nitrogen and oxygen atoms in total. The Labute approximate surface area is 102 Å². The molecule has 0 aromatic carbocycles. The summed E-state index contributed by atoms with van der Waals surface area (Å²) in [6, 6.07) is 1.63. The lowest BCUT2D eigenvalue weighted by Crippen LogP contribution is -2.18. The predicted octanol–water partition coefficient (Wildman–Crippen LogP) is 2.81. The van der Waals surface area contributed by atoms with Gasteiger partial charge in [0.1, 0.15) is 17.6 Å². The first-order chi connectivity index (χ1) is 7.90. The summed E-state index contributed by atoms with van der Waals surface area (Å²) in [6.45, 7) is 0.569. The molecular formula is C10H12ClF3N2O. The molecule has 96 valence electrons. The molecule has 0 aliphatic carbocycles. The van der Waals surface area contributed by atoms with Crippen LogP contribution < -0.4 is 0 Å². The zero-order chi connectivity index (χ0) is 12.9. The van der Waals surface area contributed by atoms with Gasteiger partial charge in [-0.05, 0) is 12.5 Å². The second-order valence-corrected chi connectivity index (χ2v) is 3.76. The highest BCUT2D eigenvalue weighted by Crippen LogP contribution is 2.14. The van der Waals surface area contributed by atoms with Gasteiger partial charge in [-0.15, -0.1) is 0 Å². The molecule has 1 heterocycles. The molecule has 1 rings (SSSR count). The van der Waals surface area contributed by atoms with E-state index in [2.05, 4.69) is 14.7 Å². The van der Waals surface area contributed by atoms with E-state index in [-0.39, 0.29) is 13.0 Å². The van der Waals surface area contributed by atoms with Gasteiger partial charge in [0.2, 0.25) is 0 Å². The predicted molar refractivity (Wildman–Crippen MR) is 57.0 cm³/mol. The van der Waals surface area contributed by atoms with E-state index in [0.29, 0.717) is 17.4 Å². The van der Waals surface area contributed by atoms with Gasteiger partial charge in [-0.1, -0.05) is 18.5 Å². The number of nitrogens with zero attached hydrogens (tertiary/aromatic N) is 2. The van der Waals surface area contributed by atoms with Crippen LogP contribution in [0.2, 0.25) is 5.15 Å². The van der Waals surface area contributed by atoms with Gasteiger partial charge in [0.15, 0.2) is 0 Å². The quantitative estimate of drug-likeness (QED) is 0.608. The third kappa shape index (κ3) is 5.83. The number of hydrogen-bond acceptors (Lipinski definition) is 3. The third-order valence-corrected chi connectivity index (χ3v) is 2.09. The van der Waals surface area contributed by atoms with E-state index >= 15 is 0 Å². The van der Waals surface area contributed by atoms with E-state index in [1.807, 2.05) is 6.92 Å². The molecule has 0 atom stereocenters. The van der Waals surface area contributed by atoms with Gasteiger partial charge in [-0.25, -0.2) is 9.97 Å². The number of aryl methyl sites for hydroxylation is 1. The minimum atomic E-state index is -4.30. The minimum Gasteiger partial charge on any atom is -0.372 e. The Morgan fingerprint density at radius 1 is 1.35 bits per heavy atom. The summed E-state index contributed by atoms with van der Waals surface area (Å²) in [5.41, 5.74) is 0.760. The number of hydrogen-bond donors (Lipinski definition) is 0. The summed E-state index contributed by atoms with van der Waals surface area (Å²) >= 11 is 5.74. The van der Waals surface area contributed by atoms with Crippen LogP contribution in [0.4, 0.5) is 13.2 Å². The molecule has 1 aromatic heterocycles. The van der Waals surface area contributed by atoms with Crippen molar-refractivity contribution in [1.82, 2.24) is 9.97 Å². The monoisotopic (exact) mass is 268 g/mol. The van der Waals surface area contributed by atoms with Crippen molar-refractivity contribution in [3.05, 3.63) is 22.7 Å². The van der Waals surface area contributed by atoms with Crippen molar-refractivity contribution >= 4 is 11.6 Å². The van der Waals surface area contributed by atoms with Crippen molar-refractivity contribution in [3.8, 4) is 0 Å². The molecule has 0 fully saturated rings. The Hall–Kier alpha value is -0.880. The molecule has 1 aromatic rings. The zero-order valence-corrected chi connectivity index (χ0v) is 9.98. The maximum atomic E-state index is 11.8.